The molecule has 73 heavy (non-hydrogen) atoms. The number of piperazine rings is 1. The Hall–Kier alpha value is -7.02. The third-order valence-electron chi connectivity index (χ3n) is 14.1. The highest BCUT2D eigenvalue weighted by Gasteiger charge is 2.51. The number of hydrogen-bond donors (Lipinski definition) is 9. The first-order chi connectivity index (χ1) is 34.9. The minimum absolute atomic E-state index is 0.00446. The van der Waals surface area contributed by atoms with Crippen LogP contribution in [0.25, 0.3) is 0 Å². The first-order valence-electron chi connectivity index (χ1n) is 24.0. The zero-order chi connectivity index (χ0) is 52.5. The van der Waals surface area contributed by atoms with Gasteiger partial charge in [0, 0.05) is 62.1 Å². The van der Waals surface area contributed by atoms with Gasteiger partial charge in [-0.15, -0.1) is 0 Å². The molecule has 3 aromatic rings. The van der Waals surface area contributed by atoms with Gasteiger partial charge in [-0.2, -0.15) is 0 Å². The number of benzene rings is 3. The van der Waals surface area contributed by atoms with Crippen molar-refractivity contribution in [2.45, 2.75) is 107 Å². The van der Waals surface area contributed by atoms with Crippen LogP contribution in [-0.2, 0) is 51.2 Å². The maximum atomic E-state index is 14.1. The summed E-state index contributed by atoms with van der Waals surface area (Å²) in [5.74, 6) is -6.92. The maximum Gasteiger partial charge on any atom is 0.410 e. The molecule has 23 nitrogen and oxygen atoms in total. The van der Waals surface area contributed by atoms with Gasteiger partial charge in [-0.1, -0.05) is 42.5 Å². The van der Waals surface area contributed by atoms with Crippen molar-refractivity contribution in [3.05, 3.63) is 87.5 Å². The smallest absolute Gasteiger partial charge is 0.410 e. The second kappa shape index (κ2) is 21.6. The molecule has 3 saturated heterocycles. The van der Waals surface area contributed by atoms with Crippen molar-refractivity contribution in [2.75, 3.05) is 46.4 Å². The lowest BCUT2D eigenvalue weighted by atomic mass is 9.72. The third-order valence-corrected chi connectivity index (χ3v) is 14.1. The Bertz CT molecular complexity index is 2700. The average Bonchev–Trinajstić information content (AvgIpc) is 3.89. The van der Waals surface area contributed by atoms with Crippen LogP contribution in [0.1, 0.15) is 94.2 Å². The first kappa shape index (κ1) is 52.3. The topological polar surface area (TPSA) is 329 Å². The summed E-state index contributed by atoms with van der Waals surface area (Å²) in [6.45, 7) is 2.12. The number of ketones is 3. The number of aliphatic hydroxyl groups is 3. The van der Waals surface area contributed by atoms with Crippen molar-refractivity contribution in [3.8, 4) is 17.2 Å². The number of methoxy groups -OCH3 is 1. The lowest BCUT2D eigenvalue weighted by Gasteiger charge is -2.43. The van der Waals surface area contributed by atoms with Gasteiger partial charge in [-0.25, -0.2) is 4.79 Å². The summed E-state index contributed by atoms with van der Waals surface area (Å²) >= 11 is 0. The molecule has 5 aliphatic rings. The molecular formula is C50H58N6O17. The van der Waals surface area contributed by atoms with Gasteiger partial charge in [0.1, 0.15) is 60.3 Å². The molecule has 390 valence electrons. The van der Waals surface area contributed by atoms with E-state index >= 15 is 0 Å². The highest BCUT2D eigenvalue weighted by atomic mass is 16.7. The predicted molar refractivity (Wildman–Crippen MR) is 251 cm³/mol. The minimum atomic E-state index is -2.42. The summed E-state index contributed by atoms with van der Waals surface area (Å²) in [7, 11) is 1.29. The number of amides is 5. The van der Waals surface area contributed by atoms with E-state index in [-0.39, 0.29) is 67.1 Å². The molecule has 9 N–H and O–H groups in total. The lowest BCUT2D eigenvalue weighted by molar-refractivity contribution is -0.249. The molecule has 8 rings (SSSR count). The molecule has 3 fully saturated rings. The summed E-state index contributed by atoms with van der Waals surface area (Å²) in [5.41, 5.74) is -3.64. The number of likely N-dealkylation sites (tertiary alicyclic amines) is 1. The van der Waals surface area contributed by atoms with E-state index in [4.69, 9.17) is 18.9 Å². The Morgan fingerprint density at radius 2 is 1.67 bits per heavy atom. The number of hydrogen-bond acceptors (Lipinski definition) is 18. The normalized spacial score (nSPS) is 25.9. The van der Waals surface area contributed by atoms with E-state index < -0.39 is 150 Å². The fourth-order valence-corrected chi connectivity index (χ4v) is 10.2. The molecule has 5 amide bonds. The highest BCUT2D eigenvalue weighted by Crippen LogP contribution is 2.52. The number of fused-ring (bicyclic) bond motifs is 3. The van der Waals surface area contributed by atoms with Crippen LogP contribution in [-0.4, -0.2) is 177 Å². The summed E-state index contributed by atoms with van der Waals surface area (Å²) in [5, 5.41) is 67.3. The Labute approximate surface area is 418 Å². The molecule has 0 bridgehead atoms. The van der Waals surface area contributed by atoms with Crippen LogP contribution in [0.3, 0.4) is 0 Å². The van der Waals surface area contributed by atoms with E-state index in [2.05, 4.69) is 21.3 Å². The van der Waals surface area contributed by atoms with Gasteiger partial charge in [-0.05, 0) is 38.3 Å². The van der Waals surface area contributed by atoms with E-state index in [0.717, 1.165) is 5.56 Å². The Morgan fingerprint density at radius 1 is 0.932 bits per heavy atom. The van der Waals surface area contributed by atoms with Crippen LogP contribution in [0.2, 0.25) is 0 Å². The lowest BCUT2D eigenvalue weighted by Crippen LogP contribution is -2.61. The van der Waals surface area contributed by atoms with Crippen molar-refractivity contribution in [3.63, 3.8) is 0 Å². The zero-order valence-electron chi connectivity index (χ0n) is 40.3. The van der Waals surface area contributed by atoms with Crippen LogP contribution in [0.15, 0.2) is 48.5 Å². The van der Waals surface area contributed by atoms with E-state index in [9.17, 15) is 63.9 Å². The molecule has 0 radical (unpaired) electrons. The van der Waals surface area contributed by atoms with Crippen LogP contribution in [0, 0.1) is 0 Å². The van der Waals surface area contributed by atoms with Crippen LogP contribution in [0.5, 0.6) is 17.2 Å². The van der Waals surface area contributed by atoms with Crippen LogP contribution in [0.4, 0.5) is 4.79 Å². The molecule has 0 saturated carbocycles. The molecule has 0 spiro atoms. The van der Waals surface area contributed by atoms with Crippen molar-refractivity contribution in [1.82, 2.24) is 31.1 Å². The number of carbonyl (C=O) groups excluding carboxylic acids is 8. The maximum absolute atomic E-state index is 14.1. The molecule has 3 heterocycles. The number of phenolic OH excluding ortho intramolecular Hbond substituents is 2. The van der Waals surface area contributed by atoms with Crippen LogP contribution >= 0.6 is 0 Å². The largest absolute Gasteiger partial charge is 0.507 e. The average molecular weight is 1020 g/mol. The van der Waals surface area contributed by atoms with Crippen molar-refractivity contribution in [2.24, 2.45) is 0 Å². The standard InChI is InChI=1S/C50H58N6O17/c1-24(53-48(67)31-20-51-14-16-56(31)49(68)71-23-26-9-5-4-6-10-26)46(65)52-21-35(59)55-15-8-12-30(55)47(66)54-29-17-36(72-25(2)41(29)60)73-33-19-50(69,34(58)22-57)18-28-38(33)45(64)40-39(43(28)62)42(61)27-11-7-13-32(70-3)37(27)44(40)63/h4-7,9-11,13,24-25,29-31,33,36,41,51,57,60,62,64,69H,8,12,14-23H2,1-3H3,(H,52,65)(H,53,67)(H,54,66)/t24-,25-,29-,30-,31-,33+,36+,41+,50-/m0/s1. The number of aromatic hydroxyl groups is 2. The molecular weight excluding hydrogens is 957 g/mol. The summed E-state index contributed by atoms with van der Waals surface area (Å²) in [4.78, 5) is 111. The van der Waals surface area contributed by atoms with Gasteiger partial charge >= 0.3 is 6.09 Å². The monoisotopic (exact) mass is 1010 g/mol. The van der Waals surface area contributed by atoms with Gasteiger partial charge in [-0.3, -0.25) is 38.5 Å². The number of Topliss-reactive ketones (excluding diaryl/α,β-unsaturated/α-hetero) is 1. The fraction of sp³-hybridized carbons (Fsp3) is 0.480. The quantitative estimate of drug-likeness (QED) is 0.0711. The summed E-state index contributed by atoms with van der Waals surface area (Å²) in [6, 6.07) is 9.03. The van der Waals surface area contributed by atoms with Crippen molar-refractivity contribution >= 4 is 47.1 Å². The van der Waals surface area contributed by atoms with Gasteiger partial charge in [0.2, 0.25) is 29.4 Å². The Balaban J connectivity index is 0.911. The van der Waals surface area contributed by atoms with E-state index in [1.54, 1.807) is 24.3 Å². The SMILES string of the molecule is COc1cccc2c1C(=O)c1c(O)c3c(c(O)c1C2=O)C[C@@](O)(C(=O)CO)C[C@H]3O[C@@H]1C[C@H](NC(=O)[C@@H]2CCCN2C(=O)CNC(=O)[C@H](C)NC(=O)[C@@H]2CNCCN2C(=O)OCc2ccccc2)[C@H](O)[C@H](C)O1. The predicted octanol–water partition coefficient (Wildman–Crippen LogP) is -0.619. The van der Waals surface area contributed by atoms with E-state index in [1.165, 1.54) is 49.0 Å². The Kier molecular flexibility index (Phi) is 15.5. The second-order valence-electron chi connectivity index (χ2n) is 18.8. The molecule has 2 aliphatic carbocycles. The van der Waals surface area contributed by atoms with Gasteiger partial charge in [0.15, 0.2) is 17.9 Å². The summed E-state index contributed by atoms with van der Waals surface area (Å²) < 4.78 is 23.0. The molecule has 3 aliphatic heterocycles. The second-order valence-corrected chi connectivity index (χ2v) is 18.8. The number of aliphatic hydroxyl groups excluding tert-OH is 2. The van der Waals surface area contributed by atoms with Gasteiger partial charge in [0.25, 0.3) is 0 Å². The van der Waals surface area contributed by atoms with Crippen molar-refractivity contribution < 1.29 is 82.8 Å². The minimum Gasteiger partial charge on any atom is -0.507 e. The Morgan fingerprint density at radius 3 is 2.40 bits per heavy atom. The highest BCUT2D eigenvalue weighted by molar-refractivity contribution is 6.31. The number of nitrogens with one attached hydrogen (secondary N) is 4. The van der Waals surface area contributed by atoms with Gasteiger partial charge in [0.05, 0.1) is 48.6 Å². The summed E-state index contributed by atoms with van der Waals surface area (Å²) in [6.07, 6.45) is -6.95. The zero-order valence-corrected chi connectivity index (χ0v) is 40.3. The van der Waals surface area contributed by atoms with Crippen LogP contribution < -0.4 is 26.0 Å². The number of carbonyl (C=O) groups is 8. The van der Waals surface area contributed by atoms with Gasteiger partial charge < -0.3 is 70.6 Å². The van der Waals surface area contributed by atoms with Crippen molar-refractivity contribution in [1.29, 1.82) is 0 Å². The molecule has 23 heteroatoms. The van der Waals surface area contributed by atoms with E-state index in [0.29, 0.717) is 13.0 Å². The molecule has 0 aromatic heterocycles. The fourth-order valence-electron chi connectivity index (χ4n) is 10.2. The number of rotatable bonds is 14. The first-order valence-corrected chi connectivity index (χ1v) is 24.0. The molecule has 9 atom stereocenters. The number of nitrogens with zero attached hydrogens (tertiary/aromatic N) is 2. The third kappa shape index (κ3) is 10.3. The molecule has 3 aromatic carbocycles. The molecule has 0 unspecified atom stereocenters. The number of phenols is 2. The number of ether oxygens (including phenoxy) is 4. The van der Waals surface area contributed by atoms with E-state index in [1.807, 2.05) is 6.07 Å².